The van der Waals surface area contributed by atoms with E-state index in [1.165, 1.54) is 6.92 Å². The van der Waals surface area contributed by atoms with E-state index >= 15 is 0 Å². The summed E-state index contributed by atoms with van der Waals surface area (Å²) in [5.74, 6) is -0.310. The minimum Gasteiger partial charge on any atom is -0.452 e. The van der Waals surface area contributed by atoms with Crippen LogP contribution in [0.3, 0.4) is 0 Å². The first-order valence-corrected chi connectivity index (χ1v) is 8.03. The van der Waals surface area contributed by atoms with E-state index in [2.05, 4.69) is 10.4 Å². The third-order valence-electron chi connectivity index (χ3n) is 3.35. The van der Waals surface area contributed by atoms with Crippen molar-refractivity contribution < 1.29 is 14.3 Å². The van der Waals surface area contributed by atoms with Gasteiger partial charge in [-0.25, -0.2) is 4.68 Å². The van der Waals surface area contributed by atoms with Crippen molar-refractivity contribution in [1.29, 1.82) is 0 Å². The number of esters is 1. The Bertz CT molecular complexity index is 710. The molecule has 1 amide bonds. The minimum absolute atomic E-state index is 0.0821. The number of amides is 1. The second-order valence-electron chi connectivity index (χ2n) is 5.68. The van der Waals surface area contributed by atoms with E-state index in [1.807, 2.05) is 13.8 Å². The average molecular weight is 350 g/mol. The summed E-state index contributed by atoms with van der Waals surface area (Å²) >= 11 is 5.80. The fraction of sp³-hybridized carbons (Fsp3) is 0.353. The summed E-state index contributed by atoms with van der Waals surface area (Å²) in [7, 11) is 0. The van der Waals surface area contributed by atoms with Gasteiger partial charge in [-0.05, 0) is 38.5 Å². The molecule has 1 aromatic heterocycles. The van der Waals surface area contributed by atoms with Crippen LogP contribution in [0.4, 0.5) is 5.82 Å². The van der Waals surface area contributed by atoms with Crippen molar-refractivity contribution in [2.45, 2.75) is 39.3 Å². The highest BCUT2D eigenvalue weighted by molar-refractivity contribution is 6.30. The summed E-state index contributed by atoms with van der Waals surface area (Å²) in [6, 6.07) is 8.70. The Morgan fingerprint density at radius 3 is 2.50 bits per heavy atom. The predicted octanol–water partition coefficient (Wildman–Crippen LogP) is 3.23. The van der Waals surface area contributed by atoms with Crippen LogP contribution < -0.4 is 5.32 Å². The largest absolute Gasteiger partial charge is 0.452 e. The molecule has 1 heterocycles. The molecule has 0 aliphatic heterocycles. The van der Waals surface area contributed by atoms with Crippen molar-refractivity contribution >= 4 is 29.3 Å². The van der Waals surface area contributed by atoms with Crippen LogP contribution in [0.2, 0.25) is 5.02 Å². The van der Waals surface area contributed by atoms with Crippen molar-refractivity contribution in [3.8, 4) is 0 Å². The number of benzene rings is 1. The minimum atomic E-state index is -0.902. The van der Waals surface area contributed by atoms with E-state index in [4.69, 9.17) is 16.3 Å². The van der Waals surface area contributed by atoms with Gasteiger partial charge in [0.1, 0.15) is 5.82 Å². The number of hydrogen-bond acceptors (Lipinski definition) is 4. The van der Waals surface area contributed by atoms with Gasteiger partial charge in [-0.15, -0.1) is 0 Å². The lowest BCUT2D eigenvalue weighted by molar-refractivity contribution is -0.152. The third-order valence-corrected chi connectivity index (χ3v) is 3.60. The fourth-order valence-electron chi connectivity index (χ4n) is 2.11. The van der Waals surface area contributed by atoms with Crippen LogP contribution in [0.25, 0.3) is 0 Å². The van der Waals surface area contributed by atoms with E-state index in [-0.39, 0.29) is 12.5 Å². The number of nitrogens with zero attached hydrogens (tertiary/aromatic N) is 2. The molecule has 7 heteroatoms. The number of hydrogen-bond donors (Lipinski definition) is 1. The Kier molecular flexibility index (Phi) is 5.98. The first kappa shape index (κ1) is 18.0. The normalized spacial score (nSPS) is 12.0. The Balaban J connectivity index is 1.90. The smallest absolute Gasteiger partial charge is 0.311 e. The van der Waals surface area contributed by atoms with Gasteiger partial charge in [-0.2, -0.15) is 5.10 Å². The Morgan fingerprint density at radius 2 is 1.88 bits per heavy atom. The zero-order chi connectivity index (χ0) is 17.7. The molecule has 0 fully saturated rings. The van der Waals surface area contributed by atoms with Crippen LogP contribution in [-0.2, 0) is 20.7 Å². The zero-order valence-electron chi connectivity index (χ0n) is 13.8. The van der Waals surface area contributed by atoms with Crippen LogP contribution in [0, 0.1) is 0 Å². The maximum absolute atomic E-state index is 12.2. The number of ether oxygens (including phenoxy) is 1. The molecule has 0 bridgehead atoms. The highest BCUT2D eigenvalue weighted by Gasteiger charge is 2.19. The summed E-state index contributed by atoms with van der Waals surface area (Å²) in [4.78, 5) is 24.1. The van der Waals surface area contributed by atoms with Gasteiger partial charge in [0.2, 0.25) is 0 Å². The standard InChI is InChI=1S/C17H20ClN3O3/c1-11(2)21-15(8-9-19-21)20-17(23)12(3)24-16(22)10-13-4-6-14(18)7-5-13/h4-9,11-12H,10H2,1-3H3,(H,20,23)/t12-/m1/s1. The van der Waals surface area contributed by atoms with Gasteiger partial charge in [0, 0.05) is 17.1 Å². The van der Waals surface area contributed by atoms with Crippen LogP contribution in [0.1, 0.15) is 32.4 Å². The van der Waals surface area contributed by atoms with E-state index < -0.39 is 18.0 Å². The Hall–Kier alpha value is -2.34. The maximum atomic E-state index is 12.2. The lowest BCUT2D eigenvalue weighted by atomic mass is 10.1. The monoisotopic (exact) mass is 349 g/mol. The highest BCUT2D eigenvalue weighted by Crippen LogP contribution is 2.14. The summed E-state index contributed by atoms with van der Waals surface area (Å²) in [6.45, 7) is 5.45. The van der Waals surface area contributed by atoms with Gasteiger partial charge < -0.3 is 10.1 Å². The van der Waals surface area contributed by atoms with Gasteiger partial charge in [-0.1, -0.05) is 23.7 Å². The second-order valence-corrected chi connectivity index (χ2v) is 6.12. The fourth-order valence-corrected chi connectivity index (χ4v) is 2.24. The molecular weight excluding hydrogens is 330 g/mol. The molecule has 0 aliphatic rings. The average Bonchev–Trinajstić information content (AvgIpc) is 2.97. The van der Waals surface area contributed by atoms with Gasteiger partial charge in [-0.3, -0.25) is 9.59 Å². The molecular formula is C17H20ClN3O3. The number of halogens is 1. The van der Waals surface area contributed by atoms with E-state index in [0.29, 0.717) is 10.8 Å². The summed E-state index contributed by atoms with van der Waals surface area (Å²) in [6.07, 6.45) is 0.784. The maximum Gasteiger partial charge on any atom is 0.311 e. The van der Waals surface area contributed by atoms with Crippen LogP contribution in [0.15, 0.2) is 36.5 Å². The molecule has 2 rings (SSSR count). The topological polar surface area (TPSA) is 73.2 Å². The Morgan fingerprint density at radius 1 is 1.21 bits per heavy atom. The number of rotatable bonds is 6. The van der Waals surface area contributed by atoms with Crippen LogP contribution >= 0.6 is 11.6 Å². The van der Waals surface area contributed by atoms with Crippen LogP contribution in [-0.4, -0.2) is 27.8 Å². The molecule has 1 atom stereocenters. The number of aromatic nitrogens is 2. The summed E-state index contributed by atoms with van der Waals surface area (Å²) in [5.41, 5.74) is 0.773. The molecule has 0 spiro atoms. The van der Waals surface area contributed by atoms with Crippen molar-refractivity contribution in [3.05, 3.63) is 47.1 Å². The molecule has 0 saturated carbocycles. The molecule has 0 aliphatic carbocycles. The SMILES string of the molecule is CC(C)n1nccc1NC(=O)[C@@H](C)OC(=O)Cc1ccc(Cl)cc1. The van der Waals surface area contributed by atoms with Crippen molar-refractivity contribution in [3.63, 3.8) is 0 Å². The van der Waals surface area contributed by atoms with Crippen molar-refractivity contribution in [2.24, 2.45) is 0 Å². The van der Waals surface area contributed by atoms with E-state index in [0.717, 1.165) is 5.56 Å². The molecule has 0 saturated heterocycles. The molecule has 1 N–H and O–H groups in total. The molecule has 6 nitrogen and oxygen atoms in total. The van der Waals surface area contributed by atoms with Crippen molar-refractivity contribution in [1.82, 2.24) is 9.78 Å². The number of anilines is 1. The molecule has 0 radical (unpaired) electrons. The number of carbonyl (C=O) groups excluding carboxylic acids is 2. The first-order valence-electron chi connectivity index (χ1n) is 7.65. The quantitative estimate of drug-likeness (QED) is 0.812. The van der Waals surface area contributed by atoms with Gasteiger partial charge in [0.25, 0.3) is 5.91 Å². The predicted molar refractivity (Wildman–Crippen MR) is 92.0 cm³/mol. The first-order chi connectivity index (χ1) is 11.4. The van der Waals surface area contributed by atoms with E-state index in [9.17, 15) is 9.59 Å². The lowest BCUT2D eigenvalue weighted by Crippen LogP contribution is -2.31. The zero-order valence-corrected chi connectivity index (χ0v) is 14.6. The highest BCUT2D eigenvalue weighted by atomic mass is 35.5. The van der Waals surface area contributed by atoms with Gasteiger partial charge in [0.05, 0.1) is 12.6 Å². The molecule has 128 valence electrons. The molecule has 24 heavy (non-hydrogen) atoms. The third kappa shape index (κ3) is 4.83. The number of carbonyl (C=O) groups is 2. The number of nitrogens with one attached hydrogen (secondary N) is 1. The van der Waals surface area contributed by atoms with Crippen molar-refractivity contribution in [2.75, 3.05) is 5.32 Å². The summed E-state index contributed by atoms with van der Waals surface area (Å²) in [5, 5.41) is 7.45. The molecule has 1 aromatic carbocycles. The Labute approximate surface area is 145 Å². The van der Waals surface area contributed by atoms with Gasteiger partial charge >= 0.3 is 5.97 Å². The summed E-state index contributed by atoms with van der Waals surface area (Å²) < 4.78 is 6.86. The van der Waals surface area contributed by atoms with E-state index in [1.54, 1.807) is 41.2 Å². The molecule has 2 aromatic rings. The lowest BCUT2D eigenvalue weighted by Gasteiger charge is -2.15. The second kappa shape index (κ2) is 7.97. The van der Waals surface area contributed by atoms with Gasteiger partial charge in [0.15, 0.2) is 6.10 Å². The molecule has 0 unspecified atom stereocenters. The van der Waals surface area contributed by atoms with Crippen LogP contribution in [0.5, 0.6) is 0 Å².